The highest BCUT2D eigenvalue weighted by atomic mass is 16.2. The third-order valence-electron chi connectivity index (χ3n) is 5.99. The smallest absolute Gasteiger partial charge is 0.255 e. The predicted octanol–water partition coefficient (Wildman–Crippen LogP) is 4.36. The minimum atomic E-state index is 0.109. The molecule has 1 aliphatic heterocycles. The molecule has 4 nitrogen and oxygen atoms in total. The van der Waals surface area contributed by atoms with E-state index >= 15 is 0 Å². The van der Waals surface area contributed by atoms with Crippen LogP contribution in [0, 0.1) is 0 Å². The zero-order chi connectivity index (χ0) is 17.1. The van der Waals surface area contributed by atoms with Crippen LogP contribution in [0.25, 0.3) is 0 Å². The molecule has 1 amide bonds. The molecule has 1 aromatic carbocycles. The van der Waals surface area contributed by atoms with Gasteiger partial charge in [0.25, 0.3) is 5.91 Å². The lowest BCUT2D eigenvalue weighted by Gasteiger charge is -2.44. The summed E-state index contributed by atoms with van der Waals surface area (Å²) in [7, 11) is 0. The average molecular weight is 339 g/mol. The Morgan fingerprint density at radius 1 is 0.840 bits per heavy atom. The fraction of sp³-hybridized carbons (Fsp3) is 0.619. The lowest BCUT2D eigenvalue weighted by molar-refractivity contribution is -0.115. The van der Waals surface area contributed by atoms with Gasteiger partial charge in [0.15, 0.2) is 0 Å². The lowest BCUT2D eigenvalue weighted by atomic mass is 9.89. The molecule has 0 atom stereocenters. The van der Waals surface area contributed by atoms with E-state index in [9.17, 15) is 4.79 Å². The van der Waals surface area contributed by atoms with E-state index in [2.05, 4.69) is 4.90 Å². The van der Waals surface area contributed by atoms with Crippen LogP contribution in [0.3, 0.4) is 0 Å². The minimum absolute atomic E-state index is 0.109. The summed E-state index contributed by atoms with van der Waals surface area (Å²) in [6.07, 6.45) is 12.9. The highest BCUT2D eigenvalue weighted by molar-refractivity contribution is 6.20. The van der Waals surface area contributed by atoms with Gasteiger partial charge < -0.3 is 4.90 Å². The molecule has 2 fully saturated rings. The van der Waals surface area contributed by atoms with Gasteiger partial charge in [-0.25, -0.2) is 9.89 Å². The molecule has 4 heteroatoms. The van der Waals surface area contributed by atoms with E-state index in [0.717, 1.165) is 11.6 Å². The first-order chi connectivity index (χ1) is 12.3. The zero-order valence-electron chi connectivity index (χ0n) is 15.1. The fourth-order valence-electron chi connectivity index (χ4n) is 4.77. The Balaban J connectivity index is 1.66. The van der Waals surface area contributed by atoms with Crippen LogP contribution in [0.4, 0.5) is 5.69 Å². The minimum Gasteiger partial charge on any atom is -0.336 e. The van der Waals surface area contributed by atoms with Crippen LogP contribution in [-0.4, -0.2) is 35.4 Å². The van der Waals surface area contributed by atoms with Gasteiger partial charge in [-0.15, -0.1) is 0 Å². The topological polar surface area (TPSA) is 35.9 Å². The van der Waals surface area contributed by atoms with Crippen molar-refractivity contribution in [2.24, 2.45) is 4.99 Å². The number of anilines is 1. The summed E-state index contributed by atoms with van der Waals surface area (Å²) in [5.74, 6) is 1.04. The normalized spacial score (nSPS) is 23.0. The molecule has 134 valence electrons. The first-order valence-corrected chi connectivity index (χ1v) is 10.1. The molecule has 0 spiro atoms. The van der Waals surface area contributed by atoms with Crippen LogP contribution < -0.4 is 4.90 Å². The number of nitrogens with zero attached hydrogens (tertiary/aromatic N) is 3. The Morgan fingerprint density at radius 2 is 1.40 bits per heavy atom. The quantitative estimate of drug-likeness (QED) is 0.820. The second-order valence-corrected chi connectivity index (χ2v) is 7.67. The molecule has 1 heterocycles. The van der Waals surface area contributed by atoms with E-state index in [-0.39, 0.29) is 5.91 Å². The number of hydrogen-bond donors (Lipinski definition) is 0. The second-order valence-electron chi connectivity index (χ2n) is 7.67. The van der Waals surface area contributed by atoms with Crippen LogP contribution >= 0.6 is 0 Å². The highest BCUT2D eigenvalue weighted by Gasteiger charge is 2.38. The molecule has 0 bridgehead atoms. The molecule has 0 radical (unpaired) electrons. The van der Waals surface area contributed by atoms with Crippen molar-refractivity contribution in [1.29, 1.82) is 0 Å². The van der Waals surface area contributed by atoms with E-state index in [4.69, 9.17) is 4.99 Å². The summed E-state index contributed by atoms with van der Waals surface area (Å²) >= 11 is 0. The lowest BCUT2D eigenvalue weighted by Crippen LogP contribution is -2.54. The van der Waals surface area contributed by atoms with Crippen LogP contribution in [-0.2, 0) is 4.79 Å². The van der Waals surface area contributed by atoms with Gasteiger partial charge in [0.1, 0.15) is 6.54 Å². The number of rotatable bonds is 3. The average Bonchev–Trinajstić information content (AvgIpc) is 3.05. The largest absolute Gasteiger partial charge is 0.336 e. The van der Waals surface area contributed by atoms with Crippen LogP contribution in [0.15, 0.2) is 35.3 Å². The summed E-state index contributed by atoms with van der Waals surface area (Å²) in [4.78, 5) is 21.8. The SMILES string of the molecule is O=C1CN=C(N(C2CCCCC2)C2CCCCC2)N1c1ccccc1. The van der Waals surface area contributed by atoms with E-state index in [1.54, 1.807) is 0 Å². The molecule has 3 aliphatic rings. The molecular formula is C21H29N3O. The Labute approximate surface area is 150 Å². The third-order valence-corrected chi connectivity index (χ3v) is 5.99. The number of carbonyl (C=O) groups excluding carboxylic acids is 1. The van der Waals surface area contributed by atoms with Gasteiger partial charge >= 0.3 is 0 Å². The zero-order valence-corrected chi connectivity index (χ0v) is 15.1. The van der Waals surface area contributed by atoms with Crippen molar-refractivity contribution in [3.8, 4) is 0 Å². The Bertz CT molecular complexity index is 597. The molecule has 0 N–H and O–H groups in total. The van der Waals surface area contributed by atoms with Gasteiger partial charge in [-0.2, -0.15) is 0 Å². The van der Waals surface area contributed by atoms with Gasteiger partial charge in [-0.3, -0.25) is 4.79 Å². The Kier molecular flexibility index (Phi) is 5.04. The molecule has 0 aromatic heterocycles. The fourth-order valence-corrected chi connectivity index (χ4v) is 4.77. The van der Waals surface area contributed by atoms with E-state index in [1.165, 1.54) is 64.2 Å². The Morgan fingerprint density at radius 3 is 1.96 bits per heavy atom. The molecule has 0 unspecified atom stereocenters. The van der Waals surface area contributed by atoms with E-state index < -0.39 is 0 Å². The molecule has 0 saturated heterocycles. The number of para-hydroxylation sites is 1. The molecule has 4 rings (SSSR count). The number of aliphatic imine (C=N–C) groups is 1. The van der Waals surface area contributed by atoms with Crippen LogP contribution in [0.2, 0.25) is 0 Å². The number of benzene rings is 1. The maximum Gasteiger partial charge on any atom is 0.255 e. The van der Waals surface area contributed by atoms with Gasteiger partial charge in [0, 0.05) is 12.1 Å². The molecule has 1 aromatic rings. The van der Waals surface area contributed by atoms with E-state index in [1.807, 2.05) is 35.2 Å². The summed E-state index contributed by atoms with van der Waals surface area (Å²) in [5.41, 5.74) is 0.959. The van der Waals surface area contributed by atoms with Gasteiger partial charge in [0.2, 0.25) is 5.96 Å². The molecule has 2 aliphatic carbocycles. The summed E-state index contributed by atoms with van der Waals surface area (Å²) in [6.45, 7) is 0.292. The van der Waals surface area contributed by atoms with Crippen molar-refractivity contribution in [3.05, 3.63) is 30.3 Å². The molecular weight excluding hydrogens is 310 g/mol. The van der Waals surface area contributed by atoms with Crippen LogP contribution in [0.5, 0.6) is 0 Å². The number of guanidine groups is 1. The number of carbonyl (C=O) groups is 1. The van der Waals surface area contributed by atoms with Crippen LogP contribution in [0.1, 0.15) is 64.2 Å². The van der Waals surface area contributed by atoms with Crippen molar-refractivity contribution >= 4 is 17.6 Å². The summed E-state index contributed by atoms with van der Waals surface area (Å²) in [6, 6.07) is 11.2. The van der Waals surface area contributed by atoms with Crippen molar-refractivity contribution in [3.63, 3.8) is 0 Å². The van der Waals surface area contributed by atoms with Gasteiger partial charge in [0.05, 0.1) is 5.69 Å². The van der Waals surface area contributed by atoms with Gasteiger partial charge in [-0.05, 0) is 37.8 Å². The predicted molar refractivity (Wildman–Crippen MR) is 102 cm³/mol. The van der Waals surface area contributed by atoms with Crippen molar-refractivity contribution in [2.45, 2.75) is 76.3 Å². The monoisotopic (exact) mass is 339 g/mol. The van der Waals surface area contributed by atoms with Crippen molar-refractivity contribution in [2.75, 3.05) is 11.4 Å². The molecule has 25 heavy (non-hydrogen) atoms. The van der Waals surface area contributed by atoms with Crippen molar-refractivity contribution < 1.29 is 4.79 Å². The summed E-state index contributed by atoms with van der Waals surface area (Å²) in [5, 5.41) is 0. The molecule has 2 saturated carbocycles. The van der Waals surface area contributed by atoms with Gasteiger partial charge in [-0.1, -0.05) is 56.7 Å². The standard InChI is InChI=1S/C21H29N3O/c25-20-16-22-21(24(20)19-14-8-3-9-15-19)23(17-10-4-1-5-11-17)18-12-6-2-7-13-18/h3,8-9,14-15,17-18H,1-2,4-7,10-13,16H2. The first-order valence-electron chi connectivity index (χ1n) is 10.1. The first kappa shape index (κ1) is 16.6. The second kappa shape index (κ2) is 7.59. The maximum atomic E-state index is 12.6. The van der Waals surface area contributed by atoms with E-state index in [0.29, 0.717) is 18.6 Å². The Hall–Kier alpha value is -1.84. The third kappa shape index (κ3) is 3.44. The summed E-state index contributed by atoms with van der Waals surface area (Å²) < 4.78 is 0. The number of amides is 1. The highest BCUT2D eigenvalue weighted by Crippen LogP contribution is 2.33. The van der Waals surface area contributed by atoms with Crippen molar-refractivity contribution in [1.82, 2.24) is 4.90 Å². The maximum absolute atomic E-state index is 12.6. The number of hydrogen-bond acceptors (Lipinski definition) is 3.